The summed E-state index contributed by atoms with van der Waals surface area (Å²) in [5.74, 6) is 0.720. The molecule has 0 fully saturated rings. The third-order valence-corrected chi connectivity index (χ3v) is 1.76. The van der Waals surface area contributed by atoms with Crippen molar-refractivity contribution >= 4 is 0 Å². The number of aliphatic hydroxyl groups excluding tert-OH is 1. The van der Waals surface area contributed by atoms with Gasteiger partial charge in [-0.2, -0.15) is 0 Å². The van der Waals surface area contributed by atoms with Crippen molar-refractivity contribution in [3.63, 3.8) is 0 Å². The van der Waals surface area contributed by atoms with Crippen LogP contribution in [0.25, 0.3) is 0 Å². The fourth-order valence-electron chi connectivity index (χ4n) is 1.14. The summed E-state index contributed by atoms with van der Waals surface area (Å²) in [6.45, 7) is 6.04. The van der Waals surface area contributed by atoms with Crippen LogP contribution in [0.2, 0.25) is 0 Å². The number of hydrogen-bond donors (Lipinski definition) is 1. The van der Waals surface area contributed by atoms with Crippen molar-refractivity contribution in [1.82, 2.24) is 0 Å². The highest BCUT2D eigenvalue weighted by molar-refractivity contribution is 5.36. The Morgan fingerprint density at radius 2 is 2.23 bits per heavy atom. The molecular formula is C11H14O2. The lowest BCUT2D eigenvalue weighted by Gasteiger charge is -2.11. The number of para-hydroxylation sites is 1. The van der Waals surface area contributed by atoms with Crippen molar-refractivity contribution in [1.29, 1.82) is 0 Å². The molecule has 0 heterocycles. The van der Waals surface area contributed by atoms with Gasteiger partial charge in [-0.25, -0.2) is 0 Å². The van der Waals surface area contributed by atoms with Gasteiger partial charge < -0.3 is 9.84 Å². The Hall–Kier alpha value is -1.28. The Morgan fingerprint density at radius 3 is 2.85 bits per heavy atom. The van der Waals surface area contributed by atoms with Crippen LogP contribution >= 0.6 is 0 Å². The molecule has 0 spiro atoms. The predicted octanol–water partition coefficient (Wildman–Crippen LogP) is 2.30. The number of benzene rings is 1. The third-order valence-electron chi connectivity index (χ3n) is 1.76. The first-order chi connectivity index (χ1) is 6.29. The third kappa shape index (κ3) is 2.33. The molecule has 0 radical (unpaired) electrons. The maximum absolute atomic E-state index is 9.54. The molecular weight excluding hydrogens is 164 g/mol. The molecule has 1 N–H and O–H groups in total. The number of rotatable bonds is 4. The van der Waals surface area contributed by atoms with Crippen LogP contribution in [0, 0.1) is 0 Å². The molecule has 1 aromatic rings. The quantitative estimate of drug-likeness (QED) is 0.717. The maximum atomic E-state index is 9.54. The van der Waals surface area contributed by atoms with Crippen LogP contribution in [0.1, 0.15) is 18.6 Å². The molecule has 13 heavy (non-hydrogen) atoms. The summed E-state index contributed by atoms with van der Waals surface area (Å²) < 4.78 is 5.35. The van der Waals surface area contributed by atoms with Gasteiger partial charge in [0.15, 0.2) is 0 Å². The average molecular weight is 178 g/mol. The summed E-state index contributed by atoms with van der Waals surface area (Å²) in [4.78, 5) is 0. The van der Waals surface area contributed by atoms with Crippen molar-refractivity contribution < 1.29 is 9.84 Å². The number of ether oxygens (including phenoxy) is 1. The lowest BCUT2D eigenvalue weighted by atomic mass is 10.1. The fraction of sp³-hybridized carbons (Fsp3) is 0.273. The molecule has 0 amide bonds. The van der Waals surface area contributed by atoms with Crippen molar-refractivity contribution in [2.24, 2.45) is 0 Å². The van der Waals surface area contributed by atoms with Gasteiger partial charge in [-0.3, -0.25) is 0 Å². The highest BCUT2D eigenvalue weighted by Gasteiger charge is 2.08. The molecule has 0 aliphatic heterocycles. The zero-order valence-electron chi connectivity index (χ0n) is 7.73. The lowest BCUT2D eigenvalue weighted by Crippen LogP contribution is -1.99. The first-order valence-electron chi connectivity index (χ1n) is 4.32. The summed E-state index contributed by atoms with van der Waals surface area (Å²) in [5.41, 5.74) is 0.763. The van der Waals surface area contributed by atoms with Crippen LogP contribution < -0.4 is 4.74 Å². The monoisotopic (exact) mass is 178 g/mol. The van der Waals surface area contributed by atoms with Crippen LogP contribution in [0.3, 0.4) is 0 Å². The second kappa shape index (κ2) is 4.67. The van der Waals surface area contributed by atoms with Gasteiger partial charge in [0.2, 0.25) is 0 Å². The molecule has 1 atom stereocenters. The first-order valence-corrected chi connectivity index (χ1v) is 4.32. The molecule has 0 aliphatic carbocycles. The van der Waals surface area contributed by atoms with E-state index in [2.05, 4.69) is 6.58 Å². The molecule has 1 aromatic carbocycles. The minimum absolute atomic E-state index is 0.598. The van der Waals surface area contributed by atoms with E-state index in [0.717, 1.165) is 11.3 Å². The summed E-state index contributed by atoms with van der Waals surface area (Å²) in [6.07, 6.45) is 0.834. The molecule has 2 heteroatoms. The molecule has 1 rings (SSSR count). The molecule has 0 aromatic heterocycles. The molecule has 1 unspecified atom stereocenters. The van der Waals surface area contributed by atoms with Crippen molar-refractivity contribution in [2.75, 3.05) is 6.61 Å². The summed E-state index contributed by atoms with van der Waals surface area (Å²) >= 11 is 0. The van der Waals surface area contributed by atoms with Crippen molar-refractivity contribution in [3.05, 3.63) is 42.5 Å². The van der Waals surface area contributed by atoms with E-state index in [1.165, 1.54) is 6.08 Å². The molecule has 0 bridgehead atoms. The van der Waals surface area contributed by atoms with Crippen LogP contribution in [-0.2, 0) is 0 Å². The highest BCUT2D eigenvalue weighted by Crippen LogP contribution is 2.25. The van der Waals surface area contributed by atoms with E-state index in [4.69, 9.17) is 4.74 Å². The molecule has 0 saturated heterocycles. The van der Waals surface area contributed by atoms with Gasteiger partial charge in [0.1, 0.15) is 11.9 Å². The van der Waals surface area contributed by atoms with Gasteiger partial charge in [-0.05, 0) is 13.0 Å². The van der Waals surface area contributed by atoms with E-state index in [9.17, 15) is 5.11 Å². The Balaban J connectivity index is 2.96. The van der Waals surface area contributed by atoms with E-state index in [1.54, 1.807) is 0 Å². The summed E-state index contributed by atoms with van der Waals surface area (Å²) in [7, 11) is 0. The second-order valence-corrected chi connectivity index (χ2v) is 2.65. The summed E-state index contributed by atoms with van der Waals surface area (Å²) in [6, 6.07) is 7.41. The van der Waals surface area contributed by atoms with Gasteiger partial charge in [0, 0.05) is 5.56 Å². The SMILES string of the molecule is C=CC(O)c1ccccc1OCC. The minimum atomic E-state index is -0.650. The summed E-state index contributed by atoms with van der Waals surface area (Å²) in [5, 5.41) is 9.54. The average Bonchev–Trinajstić information content (AvgIpc) is 2.18. The van der Waals surface area contributed by atoms with E-state index in [0.29, 0.717) is 6.61 Å². The molecule has 0 aliphatic rings. The minimum Gasteiger partial charge on any atom is -0.493 e. The van der Waals surface area contributed by atoms with E-state index in [-0.39, 0.29) is 0 Å². The van der Waals surface area contributed by atoms with Crippen LogP contribution in [0.5, 0.6) is 5.75 Å². The Labute approximate surface area is 78.5 Å². The highest BCUT2D eigenvalue weighted by atomic mass is 16.5. The van der Waals surface area contributed by atoms with Gasteiger partial charge in [0.25, 0.3) is 0 Å². The van der Waals surface area contributed by atoms with E-state index < -0.39 is 6.10 Å². The normalized spacial score (nSPS) is 12.2. The van der Waals surface area contributed by atoms with Crippen molar-refractivity contribution in [3.8, 4) is 5.75 Å². The fourth-order valence-corrected chi connectivity index (χ4v) is 1.14. The Kier molecular flexibility index (Phi) is 3.53. The van der Waals surface area contributed by atoms with Gasteiger partial charge >= 0.3 is 0 Å². The molecule has 0 saturated carbocycles. The first kappa shape index (κ1) is 9.81. The van der Waals surface area contributed by atoms with Crippen molar-refractivity contribution in [2.45, 2.75) is 13.0 Å². The van der Waals surface area contributed by atoms with Gasteiger partial charge in [-0.1, -0.05) is 24.3 Å². The predicted molar refractivity (Wildman–Crippen MR) is 52.8 cm³/mol. The number of hydrogen-bond acceptors (Lipinski definition) is 2. The van der Waals surface area contributed by atoms with Crippen LogP contribution in [-0.4, -0.2) is 11.7 Å². The Bertz CT molecular complexity index is 281. The van der Waals surface area contributed by atoms with Crippen LogP contribution in [0.4, 0.5) is 0 Å². The topological polar surface area (TPSA) is 29.5 Å². The second-order valence-electron chi connectivity index (χ2n) is 2.65. The molecule has 70 valence electrons. The van der Waals surface area contributed by atoms with Gasteiger partial charge in [0.05, 0.1) is 6.61 Å². The smallest absolute Gasteiger partial charge is 0.125 e. The zero-order chi connectivity index (χ0) is 9.68. The van der Waals surface area contributed by atoms with Gasteiger partial charge in [-0.15, -0.1) is 6.58 Å². The van der Waals surface area contributed by atoms with E-state index in [1.807, 2.05) is 31.2 Å². The standard InChI is InChI=1S/C11H14O2/c1-3-10(12)9-7-5-6-8-11(9)13-4-2/h3,5-8,10,12H,1,4H2,2H3. The van der Waals surface area contributed by atoms with Crippen LogP contribution in [0.15, 0.2) is 36.9 Å². The largest absolute Gasteiger partial charge is 0.493 e. The number of aliphatic hydroxyl groups is 1. The molecule has 2 nitrogen and oxygen atoms in total. The lowest BCUT2D eigenvalue weighted by molar-refractivity contribution is 0.220. The maximum Gasteiger partial charge on any atom is 0.125 e. The van der Waals surface area contributed by atoms with E-state index >= 15 is 0 Å². The Morgan fingerprint density at radius 1 is 1.54 bits per heavy atom. The zero-order valence-corrected chi connectivity index (χ0v) is 7.73.